The van der Waals surface area contributed by atoms with Gasteiger partial charge in [0.05, 0.1) is 5.56 Å². The van der Waals surface area contributed by atoms with Gasteiger partial charge < -0.3 is 10.2 Å². The maximum Gasteiger partial charge on any atom is 0.416 e. The van der Waals surface area contributed by atoms with Gasteiger partial charge in [-0.05, 0) is 36.6 Å². The summed E-state index contributed by atoms with van der Waals surface area (Å²) in [7, 11) is 0. The molecule has 1 atom stereocenters. The lowest BCUT2D eigenvalue weighted by atomic mass is 9.92. The van der Waals surface area contributed by atoms with Crippen LogP contribution in [0.1, 0.15) is 17.5 Å². The van der Waals surface area contributed by atoms with Crippen LogP contribution in [0.4, 0.5) is 18.9 Å². The maximum absolute atomic E-state index is 12.7. The molecule has 102 valence electrons. The highest BCUT2D eigenvalue weighted by Gasteiger charge is 2.36. The number of halogens is 3. The summed E-state index contributed by atoms with van der Waals surface area (Å²) in [6.07, 6.45) is -3.24. The van der Waals surface area contributed by atoms with E-state index in [-0.39, 0.29) is 11.9 Å². The number of carbonyl (C=O) groups excluding carboxylic acids is 1. The quantitative estimate of drug-likeness (QED) is 0.781. The zero-order valence-electron chi connectivity index (χ0n) is 10.1. The maximum atomic E-state index is 12.7. The molecule has 0 aliphatic carbocycles. The van der Waals surface area contributed by atoms with Gasteiger partial charge in [-0.25, -0.2) is 0 Å². The Hall–Kier alpha value is -1.72. The van der Waals surface area contributed by atoms with Crippen molar-refractivity contribution in [3.8, 4) is 0 Å². The summed E-state index contributed by atoms with van der Waals surface area (Å²) in [5.74, 6) is -0.0307. The van der Waals surface area contributed by atoms with Crippen molar-refractivity contribution < 1.29 is 18.0 Å². The molecule has 3 nitrogen and oxygen atoms in total. The summed E-state index contributed by atoms with van der Waals surface area (Å²) < 4.78 is 38.0. The minimum atomic E-state index is -4.31. The minimum absolute atomic E-state index is 0.0307. The van der Waals surface area contributed by atoms with Crippen LogP contribution in [0.15, 0.2) is 18.2 Å². The lowest BCUT2D eigenvalue weighted by Crippen LogP contribution is -2.57. The second kappa shape index (κ2) is 4.15. The molecule has 6 heteroatoms. The van der Waals surface area contributed by atoms with Gasteiger partial charge >= 0.3 is 6.18 Å². The van der Waals surface area contributed by atoms with Crippen LogP contribution in [0.5, 0.6) is 0 Å². The molecular formula is C13H13F3N2O. The van der Waals surface area contributed by atoms with Gasteiger partial charge in [-0.3, -0.25) is 4.79 Å². The molecule has 2 heterocycles. The molecular weight excluding hydrogens is 257 g/mol. The molecule has 0 radical (unpaired) electrons. The molecule has 1 aromatic rings. The number of hydrogen-bond acceptors (Lipinski definition) is 2. The Bertz CT molecular complexity index is 527. The van der Waals surface area contributed by atoms with Crippen LogP contribution in [0.25, 0.3) is 0 Å². The zero-order chi connectivity index (χ0) is 13.6. The monoisotopic (exact) mass is 270 g/mol. The first-order valence-electron chi connectivity index (χ1n) is 6.21. The Labute approximate surface area is 108 Å². The first-order valence-corrected chi connectivity index (χ1v) is 6.21. The standard InChI is InChI=1S/C13H13F3N2O/c14-13(15,16)9-2-4-10-8(7-9)1-3-11-12(19)17-5-6-18(10)11/h2,4,7,11H,1,3,5-6H2,(H,17,19). The fraction of sp³-hybridized carbons (Fsp3) is 0.462. The van der Waals surface area contributed by atoms with Crippen molar-refractivity contribution in [1.82, 2.24) is 5.32 Å². The molecule has 0 bridgehead atoms. The van der Waals surface area contributed by atoms with Crippen molar-refractivity contribution in [2.24, 2.45) is 0 Å². The molecule has 1 aromatic carbocycles. The predicted molar refractivity (Wildman–Crippen MR) is 63.9 cm³/mol. The number of amides is 1. The van der Waals surface area contributed by atoms with Crippen LogP contribution in [-0.4, -0.2) is 25.0 Å². The smallest absolute Gasteiger partial charge is 0.358 e. The van der Waals surface area contributed by atoms with E-state index in [4.69, 9.17) is 0 Å². The van der Waals surface area contributed by atoms with E-state index in [9.17, 15) is 18.0 Å². The molecule has 0 aromatic heterocycles. The van der Waals surface area contributed by atoms with Crippen LogP contribution < -0.4 is 10.2 Å². The zero-order valence-corrected chi connectivity index (χ0v) is 10.1. The van der Waals surface area contributed by atoms with Gasteiger partial charge in [0.15, 0.2) is 0 Å². The summed E-state index contributed by atoms with van der Waals surface area (Å²) in [6, 6.07) is 3.55. The number of rotatable bonds is 0. The highest BCUT2D eigenvalue weighted by Crippen LogP contribution is 2.37. The van der Waals surface area contributed by atoms with E-state index in [0.29, 0.717) is 31.5 Å². The first kappa shape index (κ1) is 12.3. The normalized spacial score (nSPS) is 22.6. The average Bonchev–Trinajstić information content (AvgIpc) is 2.37. The molecule has 19 heavy (non-hydrogen) atoms. The van der Waals surface area contributed by atoms with Gasteiger partial charge in [0.2, 0.25) is 5.91 Å². The van der Waals surface area contributed by atoms with Crippen LogP contribution >= 0.6 is 0 Å². The van der Waals surface area contributed by atoms with E-state index in [1.165, 1.54) is 12.1 Å². The van der Waals surface area contributed by atoms with Crippen molar-refractivity contribution in [2.75, 3.05) is 18.0 Å². The Balaban J connectivity index is 1.99. The molecule has 2 aliphatic rings. The fourth-order valence-corrected chi connectivity index (χ4v) is 2.82. The topological polar surface area (TPSA) is 32.3 Å². The number of alkyl halides is 3. The van der Waals surface area contributed by atoms with Gasteiger partial charge in [0.1, 0.15) is 6.04 Å². The van der Waals surface area contributed by atoms with E-state index < -0.39 is 11.7 Å². The number of nitrogens with zero attached hydrogens (tertiary/aromatic N) is 1. The van der Waals surface area contributed by atoms with Crippen LogP contribution in [0.2, 0.25) is 0 Å². The van der Waals surface area contributed by atoms with E-state index in [0.717, 1.165) is 11.8 Å². The SMILES string of the molecule is O=C1NCCN2c3ccc(C(F)(F)F)cc3CCC12. The highest BCUT2D eigenvalue weighted by molar-refractivity contribution is 5.87. The lowest BCUT2D eigenvalue weighted by molar-refractivity contribution is -0.137. The summed E-state index contributed by atoms with van der Waals surface area (Å²) in [5.41, 5.74) is 0.825. The van der Waals surface area contributed by atoms with Crippen molar-refractivity contribution in [3.05, 3.63) is 29.3 Å². The van der Waals surface area contributed by atoms with Crippen LogP contribution in [-0.2, 0) is 17.4 Å². The average molecular weight is 270 g/mol. The van der Waals surface area contributed by atoms with Gasteiger partial charge in [-0.1, -0.05) is 0 Å². The number of hydrogen-bond donors (Lipinski definition) is 1. The van der Waals surface area contributed by atoms with E-state index in [1.807, 2.05) is 4.90 Å². The lowest BCUT2D eigenvalue weighted by Gasteiger charge is -2.41. The Morgan fingerprint density at radius 2 is 2.11 bits per heavy atom. The third-order valence-corrected chi connectivity index (χ3v) is 3.73. The minimum Gasteiger partial charge on any atom is -0.358 e. The molecule has 1 amide bonds. The molecule has 1 fully saturated rings. The number of aryl methyl sites for hydroxylation is 1. The molecule has 0 spiro atoms. The van der Waals surface area contributed by atoms with E-state index in [1.54, 1.807) is 0 Å². The summed E-state index contributed by atoms with van der Waals surface area (Å²) in [4.78, 5) is 13.6. The number of benzene rings is 1. The summed E-state index contributed by atoms with van der Waals surface area (Å²) in [6.45, 7) is 1.19. The highest BCUT2D eigenvalue weighted by atomic mass is 19.4. The summed E-state index contributed by atoms with van der Waals surface area (Å²) >= 11 is 0. The third-order valence-electron chi connectivity index (χ3n) is 3.73. The van der Waals surface area contributed by atoms with Crippen molar-refractivity contribution in [1.29, 1.82) is 0 Å². The summed E-state index contributed by atoms with van der Waals surface area (Å²) in [5, 5.41) is 2.79. The molecule has 1 N–H and O–H groups in total. The Morgan fingerprint density at radius 1 is 1.32 bits per heavy atom. The molecule has 2 aliphatic heterocycles. The first-order chi connectivity index (χ1) is 8.97. The predicted octanol–water partition coefficient (Wildman–Crippen LogP) is 1.96. The third kappa shape index (κ3) is 2.05. The fourth-order valence-electron chi connectivity index (χ4n) is 2.82. The molecule has 3 rings (SSSR count). The number of carbonyl (C=O) groups is 1. The largest absolute Gasteiger partial charge is 0.416 e. The van der Waals surface area contributed by atoms with E-state index >= 15 is 0 Å². The number of nitrogens with one attached hydrogen (secondary N) is 1. The van der Waals surface area contributed by atoms with Gasteiger partial charge in [0.25, 0.3) is 0 Å². The molecule has 1 saturated heterocycles. The number of fused-ring (bicyclic) bond motifs is 3. The van der Waals surface area contributed by atoms with Gasteiger partial charge in [-0.2, -0.15) is 13.2 Å². The Morgan fingerprint density at radius 3 is 2.84 bits per heavy atom. The van der Waals surface area contributed by atoms with Crippen LogP contribution in [0.3, 0.4) is 0 Å². The second-order valence-corrected chi connectivity index (χ2v) is 4.88. The molecule has 1 unspecified atom stereocenters. The molecule has 0 saturated carbocycles. The van der Waals surface area contributed by atoms with Crippen molar-refractivity contribution in [3.63, 3.8) is 0 Å². The van der Waals surface area contributed by atoms with Crippen molar-refractivity contribution >= 4 is 11.6 Å². The number of anilines is 1. The second-order valence-electron chi connectivity index (χ2n) is 4.88. The number of piperazine rings is 1. The van der Waals surface area contributed by atoms with Crippen LogP contribution in [0, 0.1) is 0 Å². The van der Waals surface area contributed by atoms with Gasteiger partial charge in [0, 0.05) is 18.8 Å². The van der Waals surface area contributed by atoms with Crippen molar-refractivity contribution in [2.45, 2.75) is 25.1 Å². The Kier molecular flexibility index (Phi) is 2.69. The van der Waals surface area contributed by atoms with E-state index in [2.05, 4.69) is 5.32 Å². The van der Waals surface area contributed by atoms with Gasteiger partial charge in [-0.15, -0.1) is 0 Å².